The van der Waals surface area contributed by atoms with Crippen LogP contribution in [0.15, 0.2) is 59.5 Å². The largest absolute Gasteiger partial charge is 0.461 e. The van der Waals surface area contributed by atoms with E-state index in [1.165, 1.54) is 0 Å². The number of benzene rings is 2. The molecule has 26 heavy (non-hydrogen) atoms. The molecule has 2 aromatic carbocycles. The molecule has 134 valence electrons. The molecule has 0 aliphatic heterocycles. The predicted octanol–water partition coefficient (Wildman–Crippen LogP) is 5.85. The van der Waals surface area contributed by atoms with E-state index in [2.05, 4.69) is 4.98 Å². The molecule has 0 aliphatic carbocycles. The van der Waals surface area contributed by atoms with Crippen molar-refractivity contribution < 1.29 is 9.53 Å². The summed E-state index contributed by atoms with van der Waals surface area (Å²) in [6, 6.07) is 17.9. The number of pyridine rings is 1. The van der Waals surface area contributed by atoms with E-state index in [4.69, 9.17) is 16.3 Å². The third-order valence-corrected chi connectivity index (χ3v) is 5.33. The maximum atomic E-state index is 12.2. The number of hydrogen-bond donors (Lipinski definition) is 0. The summed E-state index contributed by atoms with van der Waals surface area (Å²) in [5.74, 6) is -0.130. The average molecular weight is 386 g/mol. The Morgan fingerprint density at radius 1 is 1.19 bits per heavy atom. The summed E-state index contributed by atoms with van der Waals surface area (Å²) in [6.07, 6.45) is 2.35. The van der Waals surface area contributed by atoms with Crippen LogP contribution in [0.3, 0.4) is 0 Å². The van der Waals surface area contributed by atoms with Gasteiger partial charge in [-0.1, -0.05) is 54.9 Å². The van der Waals surface area contributed by atoms with Crippen molar-refractivity contribution in [2.45, 2.75) is 30.8 Å². The lowest BCUT2D eigenvalue weighted by molar-refractivity contribution is -0.145. The molecule has 0 amide bonds. The van der Waals surface area contributed by atoms with E-state index >= 15 is 0 Å². The second kappa shape index (κ2) is 8.56. The van der Waals surface area contributed by atoms with Gasteiger partial charge in [0.15, 0.2) is 0 Å². The minimum absolute atomic E-state index is 0.110. The first-order chi connectivity index (χ1) is 12.6. The highest BCUT2D eigenvalue weighted by atomic mass is 35.5. The first-order valence-electron chi connectivity index (χ1n) is 8.40. The van der Waals surface area contributed by atoms with Gasteiger partial charge in [0, 0.05) is 15.8 Å². The Morgan fingerprint density at radius 2 is 1.96 bits per heavy atom. The number of ether oxygens (including phenoxy) is 1. The smallest absolute Gasteiger partial charge is 0.306 e. The Hall–Kier alpha value is -2.04. The molecule has 3 nitrogen and oxygen atoms in total. The van der Waals surface area contributed by atoms with Crippen molar-refractivity contribution in [3.63, 3.8) is 0 Å². The predicted molar refractivity (Wildman–Crippen MR) is 108 cm³/mol. The van der Waals surface area contributed by atoms with Crippen LogP contribution in [-0.4, -0.2) is 17.2 Å². The van der Waals surface area contributed by atoms with Gasteiger partial charge in [0.2, 0.25) is 0 Å². The Morgan fingerprint density at radius 3 is 2.69 bits per heavy atom. The topological polar surface area (TPSA) is 39.2 Å². The third kappa shape index (κ3) is 4.57. The number of nitrogens with zero attached hydrogens (tertiary/aromatic N) is 1. The van der Waals surface area contributed by atoms with Gasteiger partial charge in [0.25, 0.3) is 0 Å². The number of fused-ring (bicyclic) bond motifs is 1. The SMILES string of the molecule is CSc1ccc2cc(COC(=O)C[C@H](C)c3ccccc3)c(Cl)nc2c1. The second-order valence-corrected chi connectivity index (χ2v) is 7.41. The van der Waals surface area contributed by atoms with E-state index in [1.807, 2.05) is 67.8 Å². The fourth-order valence-electron chi connectivity index (χ4n) is 2.76. The van der Waals surface area contributed by atoms with E-state index in [0.29, 0.717) is 11.6 Å². The molecule has 0 unspecified atom stereocenters. The third-order valence-electron chi connectivity index (χ3n) is 4.28. The van der Waals surface area contributed by atoms with Crippen LogP contribution in [0, 0.1) is 0 Å². The van der Waals surface area contributed by atoms with Crippen LogP contribution in [-0.2, 0) is 16.1 Å². The Balaban J connectivity index is 1.65. The molecule has 0 fully saturated rings. The molecule has 1 aromatic heterocycles. The molecule has 0 N–H and O–H groups in total. The molecule has 0 bridgehead atoms. The van der Waals surface area contributed by atoms with Crippen LogP contribution in [0.4, 0.5) is 0 Å². The molecule has 0 saturated carbocycles. The van der Waals surface area contributed by atoms with Crippen molar-refractivity contribution in [2.24, 2.45) is 0 Å². The van der Waals surface area contributed by atoms with Crippen LogP contribution in [0.25, 0.3) is 10.9 Å². The van der Waals surface area contributed by atoms with Gasteiger partial charge in [0.05, 0.1) is 11.9 Å². The van der Waals surface area contributed by atoms with Crippen LogP contribution in [0.2, 0.25) is 5.15 Å². The highest BCUT2D eigenvalue weighted by Crippen LogP contribution is 2.26. The first-order valence-corrected chi connectivity index (χ1v) is 10.0. The van der Waals surface area contributed by atoms with Gasteiger partial charge in [-0.3, -0.25) is 4.79 Å². The molecular weight excluding hydrogens is 366 g/mol. The molecular formula is C21H20ClNO2S. The number of aromatic nitrogens is 1. The normalized spacial score (nSPS) is 12.1. The summed E-state index contributed by atoms with van der Waals surface area (Å²) in [5.41, 5.74) is 2.69. The van der Waals surface area contributed by atoms with Crippen molar-refractivity contribution >= 4 is 40.2 Å². The number of esters is 1. The van der Waals surface area contributed by atoms with Gasteiger partial charge in [-0.05, 0) is 35.9 Å². The van der Waals surface area contributed by atoms with Gasteiger partial charge in [0.1, 0.15) is 11.8 Å². The van der Waals surface area contributed by atoms with Crippen molar-refractivity contribution in [1.82, 2.24) is 4.98 Å². The van der Waals surface area contributed by atoms with Gasteiger partial charge in [-0.15, -0.1) is 11.8 Å². The summed E-state index contributed by atoms with van der Waals surface area (Å²) in [6.45, 7) is 2.15. The van der Waals surface area contributed by atoms with Crippen molar-refractivity contribution in [3.8, 4) is 0 Å². The molecule has 0 saturated heterocycles. The number of carbonyl (C=O) groups excluding carboxylic acids is 1. The highest BCUT2D eigenvalue weighted by molar-refractivity contribution is 7.98. The molecule has 0 aliphatic rings. The van der Waals surface area contributed by atoms with Crippen LogP contribution in [0.5, 0.6) is 0 Å². The first kappa shape index (κ1) is 18.7. The average Bonchev–Trinajstić information content (AvgIpc) is 2.66. The molecule has 1 heterocycles. The Labute approximate surface area is 162 Å². The monoisotopic (exact) mass is 385 g/mol. The minimum atomic E-state index is -0.241. The summed E-state index contributed by atoms with van der Waals surface area (Å²) in [7, 11) is 0. The second-order valence-electron chi connectivity index (χ2n) is 6.17. The van der Waals surface area contributed by atoms with Gasteiger partial charge in [-0.2, -0.15) is 0 Å². The maximum absolute atomic E-state index is 12.2. The molecule has 0 spiro atoms. The lowest BCUT2D eigenvalue weighted by Gasteiger charge is -2.12. The van der Waals surface area contributed by atoms with Crippen LogP contribution < -0.4 is 0 Å². The Bertz CT molecular complexity index is 915. The number of thioether (sulfide) groups is 1. The fraction of sp³-hybridized carbons (Fsp3) is 0.238. The van der Waals surface area contributed by atoms with E-state index < -0.39 is 0 Å². The fourth-order valence-corrected chi connectivity index (χ4v) is 3.40. The van der Waals surface area contributed by atoms with E-state index in [-0.39, 0.29) is 18.5 Å². The van der Waals surface area contributed by atoms with Gasteiger partial charge < -0.3 is 4.74 Å². The summed E-state index contributed by atoms with van der Waals surface area (Å²) >= 11 is 7.93. The number of hydrogen-bond acceptors (Lipinski definition) is 4. The minimum Gasteiger partial charge on any atom is -0.461 e. The highest BCUT2D eigenvalue weighted by Gasteiger charge is 2.14. The molecule has 5 heteroatoms. The Kier molecular flexibility index (Phi) is 6.17. The zero-order valence-electron chi connectivity index (χ0n) is 14.7. The molecule has 3 aromatic rings. The standard InChI is InChI=1S/C21H20ClNO2S/c1-14(15-6-4-3-5-7-15)10-20(24)25-13-17-11-16-8-9-18(26-2)12-19(16)23-21(17)22/h3-9,11-12,14H,10,13H2,1-2H3/t14-/m0/s1. The number of carbonyl (C=O) groups is 1. The van der Waals surface area contributed by atoms with Crippen molar-refractivity contribution in [2.75, 3.05) is 6.26 Å². The molecule has 1 atom stereocenters. The number of rotatable bonds is 6. The van der Waals surface area contributed by atoms with E-state index in [0.717, 1.165) is 26.9 Å². The lowest BCUT2D eigenvalue weighted by atomic mass is 9.98. The summed E-state index contributed by atoms with van der Waals surface area (Å²) < 4.78 is 5.43. The summed E-state index contributed by atoms with van der Waals surface area (Å²) in [5, 5.41) is 1.36. The van der Waals surface area contributed by atoms with Gasteiger partial charge in [-0.25, -0.2) is 4.98 Å². The quantitative estimate of drug-likeness (QED) is 0.303. The van der Waals surface area contributed by atoms with E-state index in [1.54, 1.807) is 11.8 Å². The van der Waals surface area contributed by atoms with E-state index in [9.17, 15) is 4.79 Å². The molecule has 0 radical (unpaired) electrons. The zero-order valence-corrected chi connectivity index (χ0v) is 16.3. The maximum Gasteiger partial charge on any atom is 0.306 e. The molecule has 3 rings (SSSR count). The van der Waals surface area contributed by atoms with Crippen molar-refractivity contribution in [3.05, 3.63) is 70.9 Å². The summed E-state index contributed by atoms with van der Waals surface area (Å²) in [4.78, 5) is 17.7. The zero-order chi connectivity index (χ0) is 18.5. The van der Waals surface area contributed by atoms with Crippen LogP contribution >= 0.6 is 23.4 Å². The van der Waals surface area contributed by atoms with Crippen molar-refractivity contribution in [1.29, 1.82) is 0 Å². The number of halogens is 1. The lowest BCUT2D eigenvalue weighted by Crippen LogP contribution is -2.09. The van der Waals surface area contributed by atoms with Crippen LogP contribution in [0.1, 0.15) is 30.4 Å². The van der Waals surface area contributed by atoms with Gasteiger partial charge >= 0.3 is 5.97 Å².